The van der Waals surface area contributed by atoms with Gasteiger partial charge in [-0.05, 0) is 30.7 Å². The van der Waals surface area contributed by atoms with Gasteiger partial charge >= 0.3 is 0 Å². The van der Waals surface area contributed by atoms with Gasteiger partial charge in [-0.1, -0.05) is 11.8 Å². The van der Waals surface area contributed by atoms with Crippen molar-refractivity contribution in [3.05, 3.63) is 35.1 Å². The second kappa shape index (κ2) is 8.65. The van der Waals surface area contributed by atoms with Gasteiger partial charge in [0, 0.05) is 12.2 Å². The fraction of sp³-hybridized carbons (Fsp3) is 0.429. The van der Waals surface area contributed by atoms with Crippen LogP contribution in [0.25, 0.3) is 0 Å². The lowest BCUT2D eigenvalue weighted by Gasteiger charge is -2.05. The van der Waals surface area contributed by atoms with Crippen LogP contribution in [-0.4, -0.2) is 26.4 Å². The SMILES string of the molecule is CCOCCOCc1cc(F)cc(C#CCN)c1. The van der Waals surface area contributed by atoms with Gasteiger partial charge in [-0.15, -0.1) is 0 Å². The molecule has 0 aromatic heterocycles. The molecule has 98 valence electrons. The van der Waals surface area contributed by atoms with Gasteiger partial charge in [-0.2, -0.15) is 0 Å². The van der Waals surface area contributed by atoms with Crippen LogP contribution >= 0.6 is 0 Å². The van der Waals surface area contributed by atoms with Crippen molar-refractivity contribution in [2.45, 2.75) is 13.5 Å². The maximum absolute atomic E-state index is 13.3. The standard InChI is InChI=1S/C14H18FNO2/c1-2-17-6-7-18-11-13-8-12(4-3-5-16)9-14(15)10-13/h8-10H,2,5-7,11,16H2,1H3. The van der Waals surface area contributed by atoms with Gasteiger partial charge in [-0.25, -0.2) is 4.39 Å². The Morgan fingerprint density at radius 2 is 2.00 bits per heavy atom. The van der Waals surface area contributed by atoms with Crippen LogP contribution in [0.15, 0.2) is 18.2 Å². The van der Waals surface area contributed by atoms with E-state index in [9.17, 15) is 4.39 Å². The molecule has 0 unspecified atom stereocenters. The smallest absolute Gasteiger partial charge is 0.124 e. The Balaban J connectivity index is 2.52. The monoisotopic (exact) mass is 251 g/mol. The molecule has 3 nitrogen and oxygen atoms in total. The molecular formula is C14H18FNO2. The highest BCUT2D eigenvalue weighted by atomic mass is 19.1. The topological polar surface area (TPSA) is 44.5 Å². The summed E-state index contributed by atoms with van der Waals surface area (Å²) in [4.78, 5) is 0. The van der Waals surface area contributed by atoms with Gasteiger partial charge < -0.3 is 15.2 Å². The van der Waals surface area contributed by atoms with Crippen LogP contribution in [-0.2, 0) is 16.1 Å². The van der Waals surface area contributed by atoms with E-state index in [1.807, 2.05) is 6.92 Å². The number of hydrogen-bond acceptors (Lipinski definition) is 3. The van der Waals surface area contributed by atoms with Crippen LogP contribution in [0.5, 0.6) is 0 Å². The number of rotatable bonds is 6. The van der Waals surface area contributed by atoms with Gasteiger partial charge in [-0.3, -0.25) is 0 Å². The first-order valence-electron chi connectivity index (χ1n) is 5.90. The highest BCUT2D eigenvalue weighted by Gasteiger charge is 2.00. The lowest BCUT2D eigenvalue weighted by molar-refractivity contribution is 0.0452. The summed E-state index contributed by atoms with van der Waals surface area (Å²) in [6, 6.07) is 4.62. The van der Waals surface area contributed by atoms with E-state index in [0.717, 1.165) is 5.56 Å². The number of hydrogen-bond donors (Lipinski definition) is 1. The second-order valence-corrected chi connectivity index (χ2v) is 3.60. The lowest BCUT2D eigenvalue weighted by atomic mass is 10.1. The van der Waals surface area contributed by atoms with Crippen LogP contribution in [0, 0.1) is 17.7 Å². The van der Waals surface area contributed by atoms with Crippen LogP contribution < -0.4 is 5.73 Å². The fourth-order valence-corrected chi connectivity index (χ4v) is 1.41. The number of benzene rings is 1. The van der Waals surface area contributed by atoms with E-state index in [4.69, 9.17) is 15.2 Å². The molecule has 4 heteroatoms. The first-order valence-corrected chi connectivity index (χ1v) is 5.90. The average molecular weight is 251 g/mol. The van der Waals surface area contributed by atoms with E-state index < -0.39 is 0 Å². The van der Waals surface area contributed by atoms with E-state index in [1.54, 1.807) is 6.07 Å². The molecular weight excluding hydrogens is 233 g/mol. The Morgan fingerprint density at radius 3 is 2.72 bits per heavy atom. The highest BCUT2D eigenvalue weighted by Crippen LogP contribution is 2.09. The van der Waals surface area contributed by atoms with Crippen LogP contribution in [0.1, 0.15) is 18.1 Å². The van der Waals surface area contributed by atoms with Crippen molar-refractivity contribution in [2.75, 3.05) is 26.4 Å². The van der Waals surface area contributed by atoms with E-state index in [-0.39, 0.29) is 12.4 Å². The zero-order valence-electron chi connectivity index (χ0n) is 10.5. The van der Waals surface area contributed by atoms with Crippen LogP contribution in [0.3, 0.4) is 0 Å². The Morgan fingerprint density at radius 1 is 1.22 bits per heavy atom. The van der Waals surface area contributed by atoms with E-state index in [1.165, 1.54) is 12.1 Å². The Labute approximate surface area is 107 Å². The van der Waals surface area contributed by atoms with Gasteiger partial charge in [0.05, 0.1) is 26.4 Å². The van der Waals surface area contributed by atoms with Crippen molar-refractivity contribution < 1.29 is 13.9 Å². The lowest BCUT2D eigenvalue weighted by Crippen LogP contribution is -2.04. The Bertz CT molecular complexity index is 424. The summed E-state index contributed by atoms with van der Waals surface area (Å²) in [7, 11) is 0. The minimum absolute atomic E-state index is 0.261. The van der Waals surface area contributed by atoms with Crippen molar-refractivity contribution in [1.29, 1.82) is 0 Å². The molecule has 0 radical (unpaired) electrons. The third-order valence-corrected chi connectivity index (χ3v) is 2.14. The molecule has 0 aliphatic rings. The quantitative estimate of drug-likeness (QED) is 0.618. The van der Waals surface area contributed by atoms with Crippen molar-refractivity contribution in [3.63, 3.8) is 0 Å². The molecule has 0 saturated heterocycles. The third-order valence-electron chi connectivity index (χ3n) is 2.14. The number of ether oxygens (including phenoxy) is 2. The summed E-state index contributed by atoms with van der Waals surface area (Å²) in [6.07, 6.45) is 0. The average Bonchev–Trinajstić information content (AvgIpc) is 2.35. The molecule has 2 N–H and O–H groups in total. The largest absolute Gasteiger partial charge is 0.379 e. The van der Waals surface area contributed by atoms with Gasteiger partial charge in [0.15, 0.2) is 0 Å². The summed E-state index contributed by atoms with van der Waals surface area (Å²) in [6.45, 7) is 4.25. The van der Waals surface area contributed by atoms with Crippen LogP contribution in [0.2, 0.25) is 0 Å². The predicted molar refractivity (Wildman–Crippen MR) is 68.5 cm³/mol. The molecule has 0 amide bonds. The number of halogens is 1. The first kappa shape index (κ1) is 14.7. The molecule has 0 aliphatic heterocycles. The zero-order valence-corrected chi connectivity index (χ0v) is 10.5. The minimum atomic E-state index is -0.317. The first-order chi connectivity index (χ1) is 8.76. The maximum atomic E-state index is 13.3. The fourth-order valence-electron chi connectivity index (χ4n) is 1.41. The van der Waals surface area contributed by atoms with Crippen molar-refractivity contribution in [3.8, 4) is 11.8 Å². The molecule has 0 aliphatic carbocycles. The maximum Gasteiger partial charge on any atom is 0.124 e. The van der Waals surface area contributed by atoms with Crippen LogP contribution in [0.4, 0.5) is 4.39 Å². The summed E-state index contributed by atoms with van der Waals surface area (Å²) < 4.78 is 23.8. The summed E-state index contributed by atoms with van der Waals surface area (Å²) >= 11 is 0. The van der Waals surface area contributed by atoms with E-state index in [0.29, 0.717) is 32.0 Å². The molecule has 0 bridgehead atoms. The third kappa shape index (κ3) is 5.78. The summed E-state index contributed by atoms with van der Waals surface area (Å²) in [5, 5.41) is 0. The van der Waals surface area contributed by atoms with Gasteiger partial charge in [0.25, 0.3) is 0 Å². The molecule has 0 heterocycles. The van der Waals surface area contributed by atoms with E-state index in [2.05, 4.69) is 11.8 Å². The van der Waals surface area contributed by atoms with Crippen molar-refractivity contribution in [2.24, 2.45) is 5.73 Å². The molecule has 0 saturated carbocycles. The van der Waals surface area contributed by atoms with Crippen molar-refractivity contribution in [1.82, 2.24) is 0 Å². The molecule has 0 fully saturated rings. The second-order valence-electron chi connectivity index (χ2n) is 3.60. The summed E-state index contributed by atoms with van der Waals surface area (Å²) in [5.41, 5.74) is 6.65. The molecule has 18 heavy (non-hydrogen) atoms. The predicted octanol–water partition coefficient (Wildman–Crippen LogP) is 1.69. The van der Waals surface area contributed by atoms with Crippen molar-refractivity contribution >= 4 is 0 Å². The van der Waals surface area contributed by atoms with Gasteiger partial charge in [0.1, 0.15) is 5.82 Å². The normalized spacial score (nSPS) is 9.94. The van der Waals surface area contributed by atoms with Gasteiger partial charge in [0.2, 0.25) is 0 Å². The molecule has 1 aromatic rings. The molecule has 0 spiro atoms. The molecule has 1 rings (SSSR count). The minimum Gasteiger partial charge on any atom is -0.379 e. The number of nitrogens with two attached hydrogens (primary N) is 1. The van der Waals surface area contributed by atoms with E-state index >= 15 is 0 Å². The highest BCUT2D eigenvalue weighted by molar-refractivity contribution is 5.37. The molecule has 0 atom stereocenters. The molecule has 1 aromatic carbocycles. The Hall–Kier alpha value is -1.41. The summed E-state index contributed by atoms with van der Waals surface area (Å²) in [5.74, 6) is 5.18. The zero-order chi connectivity index (χ0) is 13.2. The Kier molecular flexibility index (Phi) is 7.04.